The number of halogens is 3. The zero-order valence-electron chi connectivity index (χ0n) is 5.29. The molecule has 0 aliphatic rings. The first-order valence-corrected chi connectivity index (χ1v) is 3.51. The van der Waals surface area contributed by atoms with E-state index in [1.807, 2.05) is 0 Å². The van der Waals surface area contributed by atoms with Crippen LogP contribution in [0.5, 0.6) is 0 Å². The fraction of sp³-hybridized carbons (Fsp3) is 0.143. The molecule has 3 heteroatoms. The summed E-state index contributed by atoms with van der Waals surface area (Å²) in [6.07, 6.45) is 0. The predicted octanol–water partition coefficient (Wildman–Crippen LogP) is 3.04. The van der Waals surface area contributed by atoms with Crippen LogP contribution < -0.4 is 0 Å². The number of benzene rings is 1. The third kappa shape index (κ3) is 1.34. The summed E-state index contributed by atoms with van der Waals surface area (Å²) in [5.74, 6) is -1.08. The van der Waals surface area contributed by atoms with Gasteiger partial charge in [0.2, 0.25) is 0 Å². The lowest BCUT2D eigenvalue weighted by atomic mass is 10.2. The molecule has 0 fully saturated rings. The Morgan fingerprint density at radius 2 is 1.90 bits per heavy atom. The van der Waals surface area contributed by atoms with Gasteiger partial charge in [0.15, 0.2) is 0 Å². The van der Waals surface area contributed by atoms with E-state index in [9.17, 15) is 8.78 Å². The summed E-state index contributed by atoms with van der Waals surface area (Å²) in [6.45, 7) is 1.58. The Morgan fingerprint density at radius 3 is 2.40 bits per heavy atom. The lowest BCUT2D eigenvalue weighted by Crippen LogP contribution is -1.85. The van der Waals surface area contributed by atoms with Gasteiger partial charge in [-0.3, -0.25) is 0 Å². The minimum Gasteiger partial charge on any atom is -0.207 e. The Morgan fingerprint density at radius 1 is 1.30 bits per heavy atom. The summed E-state index contributed by atoms with van der Waals surface area (Å²) in [4.78, 5) is 0. The molecule has 0 unspecified atom stereocenters. The molecule has 0 saturated heterocycles. The van der Waals surface area contributed by atoms with Crippen molar-refractivity contribution in [2.45, 2.75) is 6.92 Å². The first-order valence-electron chi connectivity index (χ1n) is 2.72. The van der Waals surface area contributed by atoms with Crippen LogP contribution in [0.25, 0.3) is 0 Å². The molecule has 0 amide bonds. The highest BCUT2D eigenvalue weighted by molar-refractivity contribution is 9.10. The second-order valence-electron chi connectivity index (χ2n) is 1.99. The van der Waals surface area contributed by atoms with Crippen LogP contribution in [0.4, 0.5) is 8.78 Å². The van der Waals surface area contributed by atoms with Crippen LogP contribution in [-0.4, -0.2) is 0 Å². The van der Waals surface area contributed by atoms with Gasteiger partial charge in [0, 0.05) is 10.5 Å². The molecule has 0 aliphatic carbocycles. The van der Waals surface area contributed by atoms with Crippen molar-refractivity contribution in [3.05, 3.63) is 33.8 Å². The molecule has 0 nitrogen and oxygen atoms in total. The molecular formula is C7H5BrF2. The first-order chi connectivity index (χ1) is 4.61. The maximum absolute atomic E-state index is 12.6. The van der Waals surface area contributed by atoms with Gasteiger partial charge in [0.1, 0.15) is 11.6 Å². The van der Waals surface area contributed by atoms with Crippen LogP contribution in [0.2, 0.25) is 0 Å². The molecule has 10 heavy (non-hydrogen) atoms. The molecular weight excluding hydrogens is 202 g/mol. The van der Waals surface area contributed by atoms with Crippen molar-refractivity contribution in [2.24, 2.45) is 0 Å². The van der Waals surface area contributed by atoms with Gasteiger partial charge in [-0.25, -0.2) is 8.78 Å². The summed E-state index contributed by atoms with van der Waals surface area (Å²) in [7, 11) is 0. The number of rotatable bonds is 0. The van der Waals surface area contributed by atoms with Gasteiger partial charge in [0.25, 0.3) is 0 Å². The molecule has 1 aromatic carbocycles. The van der Waals surface area contributed by atoms with Crippen LogP contribution in [0, 0.1) is 18.6 Å². The van der Waals surface area contributed by atoms with Gasteiger partial charge in [-0.2, -0.15) is 0 Å². The summed E-state index contributed by atoms with van der Waals surface area (Å²) in [5.41, 5.74) is 0.432. The summed E-state index contributed by atoms with van der Waals surface area (Å²) >= 11 is 3.02. The Bertz CT molecular complexity index is 235. The lowest BCUT2D eigenvalue weighted by molar-refractivity contribution is 0.575. The van der Waals surface area contributed by atoms with Gasteiger partial charge in [-0.05, 0) is 18.6 Å². The van der Waals surface area contributed by atoms with E-state index >= 15 is 0 Å². The van der Waals surface area contributed by atoms with E-state index in [0.717, 1.165) is 6.07 Å². The van der Waals surface area contributed by atoms with E-state index in [0.29, 0.717) is 10.0 Å². The van der Waals surface area contributed by atoms with E-state index in [1.54, 1.807) is 6.92 Å². The summed E-state index contributed by atoms with van der Waals surface area (Å²) in [6, 6.07) is 2.10. The molecule has 0 N–H and O–H groups in total. The van der Waals surface area contributed by atoms with Crippen molar-refractivity contribution in [1.29, 1.82) is 0 Å². The van der Waals surface area contributed by atoms with E-state index in [1.165, 1.54) is 6.07 Å². The molecule has 54 valence electrons. The van der Waals surface area contributed by atoms with Crippen molar-refractivity contribution in [3.63, 3.8) is 0 Å². The van der Waals surface area contributed by atoms with Crippen molar-refractivity contribution in [1.82, 2.24) is 0 Å². The van der Waals surface area contributed by atoms with Gasteiger partial charge in [-0.1, -0.05) is 15.9 Å². The molecule has 0 heterocycles. The second-order valence-corrected chi connectivity index (χ2v) is 2.85. The fourth-order valence-electron chi connectivity index (χ4n) is 0.614. The largest absolute Gasteiger partial charge is 0.207 e. The van der Waals surface area contributed by atoms with E-state index < -0.39 is 11.6 Å². The molecule has 1 aromatic rings. The van der Waals surface area contributed by atoms with Crippen molar-refractivity contribution < 1.29 is 8.78 Å². The number of hydrogen-bond acceptors (Lipinski definition) is 0. The second kappa shape index (κ2) is 2.66. The molecule has 0 bridgehead atoms. The first kappa shape index (κ1) is 7.66. The maximum atomic E-state index is 12.6. The lowest BCUT2D eigenvalue weighted by Gasteiger charge is -1.98. The predicted molar refractivity (Wildman–Crippen MR) is 38.8 cm³/mol. The van der Waals surface area contributed by atoms with Crippen LogP contribution in [0.15, 0.2) is 16.6 Å². The van der Waals surface area contributed by atoms with Crippen LogP contribution >= 0.6 is 15.9 Å². The molecule has 0 spiro atoms. The highest BCUT2D eigenvalue weighted by Crippen LogP contribution is 2.19. The van der Waals surface area contributed by atoms with Crippen molar-refractivity contribution in [3.8, 4) is 0 Å². The summed E-state index contributed by atoms with van der Waals surface area (Å²) < 4.78 is 25.4. The molecule has 0 radical (unpaired) electrons. The average molecular weight is 207 g/mol. The highest BCUT2D eigenvalue weighted by atomic mass is 79.9. The smallest absolute Gasteiger partial charge is 0.130 e. The van der Waals surface area contributed by atoms with Gasteiger partial charge >= 0.3 is 0 Å². The van der Waals surface area contributed by atoms with Gasteiger partial charge in [0.05, 0.1) is 0 Å². The molecule has 0 aromatic heterocycles. The molecule has 0 saturated carbocycles. The standard InChI is InChI=1S/C7H5BrF2/c1-4-6(8)2-5(9)3-7(4)10/h2-3H,1H3. The van der Waals surface area contributed by atoms with E-state index in [-0.39, 0.29) is 0 Å². The van der Waals surface area contributed by atoms with Crippen LogP contribution in [0.1, 0.15) is 5.56 Å². The van der Waals surface area contributed by atoms with Gasteiger partial charge < -0.3 is 0 Å². The quantitative estimate of drug-likeness (QED) is 0.613. The minimum atomic E-state index is -0.560. The Balaban J connectivity index is 3.31. The Hall–Kier alpha value is -0.440. The molecule has 1 rings (SSSR count). The van der Waals surface area contributed by atoms with Crippen LogP contribution in [0.3, 0.4) is 0 Å². The average Bonchev–Trinajstić information content (AvgIpc) is 1.82. The van der Waals surface area contributed by atoms with Crippen molar-refractivity contribution >= 4 is 15.9 Å². The van der Waals surface area contributed by atoms with E-state index in [2.05, 4.69) is 15.9 Å². The number of hydrogen-bond donors (Lipinski definition) is 0. The molecule has 0 aliphatic heterocycles. The summed E-state index contributed by atoms with van der Waals surface area (Å²) in [5, 5.41) is 0. The van der Waals surface area contributed by atoms with E-state index in [4.69, 9.17) is 0 Å². The fourth-order valence-corrected chi connectivity index (χ4v) is 1.02. The third-order valence-corrected chi connectivity index (χ3v) is 2.07. The maximum Gasteiger partial charge on any atom is 0.130 e. The Labute approximate surface area is 66.0 Å². The zero-order valence-corrected chi connectivity index (χ0v) is 6.87. The normalized spacial score (nSPS) is 10.0. The van der Waals surface area contributed by atoms with Gasteiger partial charge in [-0.15, -0.1) is 0 Å². The molecule has 0 atom stereocenters. The third-order valence-electron chi connectivity index (χ3n) is 1.25. The SMILES string of the molecule is Cc1c(F)cc(F)cc1Br. The zero-order chi connectivity index (χ0) is 7.72. The Kier molecular flexibility index (Phi) is 2.04. The highest BCUT2D eigenvalue weighted by Gasteiger charge is 2.03. The monoisotopic (exact) mass is 206 g/mol. The van der Waals surface area contributed by atoms with Crippen molar-refractivity contribution in [2.75, 3.05) is 0 Å². The van der Waals surface area contributed by atoms with Crippen LogP contribution in [-0.2, 0) is 0 Å². The minimum absolute atomic E-state index is 0.432. The topological polar surface area (TPSA) is 0 Å².